The lowest BCUT2D eigenvalue weighted by atomic mass is 9.82. The van der Waals surface area contributed by atoms with E-state index in [1.807, 2.05) is 6.92 Å². The van der Waals surface area contributed by atoms with Crippen molar-refractivity contribution in [2.75, 3.05) is 6.61 Å². The van der Waals surface area contributed by atoms with Crippen LogP contribution >= 0.6 is 0 Å². The molecule has 0 aliphatic rings. The lowest BCUT2D eigenvalue weighted by molar-refractivity contribution is -0.0283. The lowest BCUT2D eigenvalue weighted by Gasteiger charge is -2.35. The Hall–Kier alpha value is -0.860. The molecule has 0 saturated heterocycles. The van der Waals surface area contributed by atoms with Crippen LogP contribution in [0.2, 0.25) is 0 Å². The Morgan fingerprint density at radius 1 is 1.17 bits per heavy atom. The zero-order valence-electron chi connectivity index (χ0n) is 12.6. The Kier molecular flexibility index (Phi) is 4.94. The number of hydrogen-bond donors (Lipinski definition) is 1. The Bertz CT molecular complexity index is 393. The molecule has 1 aromatic carbocycles. The smallest absolute Gasteiger partial charge is 0.0815 e. The first kappa shape index (κ1) is 15.2. The van der Waals surface area contributed by atoms with Gasteiger partial charge in [0.1, 0.15) is 0 Å². The van der Waals surface area contributed by atoms with Gasteiger partial charge >= 0.3 is 0 Å². The Balaban J connectivity index is 3.01. The number of rotatable bonds is 4. The van der Waals surface area contributed by atoms with Crippen molar-refractivity contribution in [3.63, 3.8) is 0 Å². The second-order valence-corrected chi connectivity index (χ2v) is 6.11. The van der Waals surface area contributed by atoms with Crippen LogP contribution in [0.25, 0.3) is 0 Å². The van der Waals surface area contributed by atoms with Gasteiger partial charge in [-0.15, -0.1) is 0 Å². The van der Waals surface area contributed by atoms with E-state index in [0.717, 1.165) is 5.56 Å². The maximum Gasteiger partial charge on any atom is 0.0815 e. The van der Waals surface area contributed by atoms with Gasteiger partial charge in [0.2, 0.25) is 0 Å². The van der Waals surface area contributed by atoms with Gasteiger partial charge < -0.3 is 10.5 Å². The second kappa shape index (κ2) is 5.85. The van der Waals surface area contributed by atoms with E-state index in [0.29, 0.717) is 6.61 Å². The van der Waals surface area contributed by atoms with Gasteiger partial charge in [-0.1, -0.05) is 39.0 Å². The summed E-state index contributed by atoms with van der Waals surface area (Å²) in [6.45, 7) is 13.5. The van der Waals surface area contributed by atoms with Crippen LogP contribution in [0.4, 0.5) is 0 Å². The molecule has 0 bridgehead atoms. The fourth-order valence-electron chi connectivity index (χ4n) is 2.22. The van der Waals surface area contributed by atoms with Crippen LogP contribution in [-0.4, -0.2) is 12.7 Å². The van der Waals surface area contributed by atoms with E-state index in [1.165, 1.54) is 11.1 Å². The minimum atomic E-state index is -0.0794. The molecular weight excluding hydrogens is 222 g/mol. The van der Waals surface area contributed by atoms with Gasteiger partial charge in [0.15, 0.2) is 0 Å². The second-order valence-electron chi connectivity index (χ2n) is 6.11. The van der Waals surface area contributed by atoms with Gasteiger partial charge in [0.05, 0.1) is 12.1 Å². The predicted octanol–water partition coefficient (Wildman–Crippen LogP) is 3.75. The zero-order chi connectivity index (χ0) is 13.9. The third kappa shape index (κ3) is 3.56. The first-order chi connectivity index (χ1) is 8.27. The first-order valence-electron chi connectivity index (χ1n) is 6.71. The SMILES string of the molecule is CCOC(C(N)c1ccc(C)c(C)c1)C(C)(C)C. The zero-order valence-corrected chi connectivity index (χ0v) is 12.6. The molecule has 0 spiro atoms. The maximum atomic E-state index is 6.41. The summed E-state index contributed by atoms with van der Waals surface area (Å²) in [5.74, 6) is 0. The molecule has 2 heteroatoms. The number of hydrogen-bond acceptors (Lipinski definition) is 2. The van der Waals surface area contributed by atoms with E-state index in [2.05, 4.69) is 52.8 Å². The van der Waals surface area contributed by atoms with Gasteiger partial charge in [0.25, 0.3) is 0 Å². The highest BCUT2D eigenvalue weighted by Gasteiger charge is 2.31. The highest BCUT2D eigenvalue weighted by molar-refractivity contribution is 5.32. The Labute approximate surface area is 112 Å². The molecule has 2 N–H and O–H groups in total. The average molecular weight is 249 g/mol. The summed E-state index contributed by atoms with van der Waals surface area (Å²) < 4.78 is 5.87. The summed E-state index contributed by atoms with van der Waals surface area (Å²) in [6.07, 6.45) is 0.0320. The molecular formula is C16H27NO. The minimum Gasteiger partial charge on any atom is -0.376 e. The number of aryl methyl sites for hydroxylation is 2. The molecule has 0 heterocycles. The highest BCUT2D eigenvalue weighted by Crippen LogP contribution is 2.31. The van der Waals surface area contributed by atoms with Crippen molar-refractivity contribution in [1.82, 2.24) is 0 Å². The third-order valence-electron chi connectivity index (χ3n) is 3.44. The number of benzene rings is 1. The van der Waals surface area contributed by atoms with Crippen LogP contribution in [0.1, 0.15) is 50.4 Å². The summed E-state index contributed by atoms with van der Waals surface area (Å²) in [5, 5.41) is 0. The molecule has 1 aromatic rings. The van der Waals surface area contributed by atoms with Gasteiger partial charge in [-0.05, 0) is 42.9 Å². The van der Waals surface area contributed by atoms with Gasteiger partial charge in [-0.3, -0.25) is 0 Å². The predicted molar refractivity (Wildman–Crippen MR) is 77.7 cm³/mol. The molecule has 2 nitrogen and oxygen atoms in total. The molecule has 0 aliphatic carbocycles. The van der Waals surface area contributed by atoms with Crippen molar-refractivity contribution in [3.05, 3.63) is 34.9 Å². The molecule has 2 atom stereocenters. The molecule has 0 aromatic heterocycles. The number of nitrogens with two attached hydrogens (primary N) is 1. The topological polar surface area (TPSA) is 35.2 Å². The van der Waals surface area contributed by atoms with Crippen molar-refractivity contribution in [1.29, 1.82) is 0 Å². The van der Waals surface area contributed by atoms with Crippen LogP contribution in [0, 0.1) is 19.3 Å². The molecule has 0 fully saturated rings. The molecule has 18 heavy (non-hydrogen) atoms. The third-order valence-corrected chi connectivity index (χ3v) is 3.44. The van der Waals surface area contributed by atoms with E-state index in [1.54, 1.807) is 0 Å². The highest BCUT2D eigenvalue weighted by atomic mass is 16.5. The van der Waals surface area contributed by atoms with E-state index >= 15 is 0 Å². The quantitative estimate of drug-likeness (QED) is 0.882. The Morgan fingerprint density at radius 3 is 2.22 bits per heavy atom. The van der Waals surface area contributed by atoms with Crippen LogP contribution in [-0.2, 0) is 4.74 Å². The van der Waals surface area contributed by atoms with Crippen molar-refractivity contribution in [2.45, 2.75) is 53.7 Å². The Morgan fingerprint density at radius 2 is 1.78 bits per heavy atom. The molecule has 2 unspecified atom stereocenters. The lowest BCUT2D eigenvalue weighted by Crippen LogP contribution is -2.39. The van der Waals surface area contributed by atoms with E-state index in [-0.39, 0.29) is 17.6 Å². The standard InChI is InChI=1S/C16H27NO/c1-7-18-15(16(4,5)6)14(17)13-9-8-11(2)12(3)10-13/h8-10,14-15H,7,17H2,1-6H3. The van der Waals surface area contributed by atoms with Crippen molar-refractivity contribution in [3.8, 4) is 0 Å². The average Bonchev–Trinajstić information content (AvgIpc) is 2.27. The van der Waals surface area contributed by atoms with Crippen LogP contribution in [0.5, 0.6) is 0 Å². The fourth-order valence-corrected chi connectivity index (χ4v) is 2.22. The fraction of sp³-hybridized carbons (Fsp3) is 0.625. The van der Waals surface area contributed by atoms with Crippen LogP contribution in [0.3, 0.4) is 0 Å². The monoisotopic (exact) mass is 249 g/mol. The molecule has 102 valence electrons. The molecule has 0 radical (unpaired) electrons. The van der Waals surface area contributed by atoms with E-state index < -0.39 is 0 Å². The van der Waals surface area contributed by atoms with Crippen molar-refractivity contribution in [2.24, 2.45) is 11.1 Å². The molecule has 0 amide bonds. The van der Waals surface area contributed by atoms with Gasteiger partial charge in [-0.25, -0.2) is 0 Å². The van der Waals surface area contributed by atoms with E-state index in [4.69, 9.17) is 10.5 Å². The summed E-state index contributed by atoms with van der Waals surface area (Å²) in [6, 6.07) is 6.35. The van der Waals surface area contributed by atoms with Crippen LogP contribution < -0.4 is 5.73 Å². The van der Waals surface area contributed by atoms with E-state index in [9.17, 15) is 0 Å². The first-order valence-corrected chi connectivity index (χ1v) is 6.71. The summed E-state index contributed by atoms with van der Waals surface area (Å²) in [4.78, 5) is 0. The minimum absolute atomic E-state index is 0.0320. The number of ether oxygens (including phenoxy) is 1. The molecule has 0 aliphatic heterocycles. The molecule has 1 rings (SSSR count). The summed E-state index contributed by atoms with van der Waals surface area (Å²) in [5.41, 5.74) is 10.2. The summed E-state index contributed by atoms with van der Waals surface area (Å²) >= 11 is 0. The van der Waals surface area contributed by atoms with Gasteiger partial charge in [-0.2, -0.15) is 0 Å². The molecule has 0 saturated carbocycles. The van der Waals surface area contributed by atoms with Crippen LogP contribution in [0.15, 0.2) is 18.2 Å². The maximum absolute atomic E-state index is 6.41. The van der Waals surface area contributed by atoms with Crippen molar-refractivity contribution >= 4 is 0 Å². The largest absolute Gasteiger partial charge is 0.376 e. The summed E-state index contributed by atoms with van der Waals surface area (Å²) in [7, 11) is 0. The van der Waals surface area contributed by atoms with Gasteiger partial charge in [0, 0.05) is 6.61 Å². The normalized spacial score (nSPS) is 15.5. The van der Waals surface area contributed by atoms with Crippen molar-refractivity contribution < 1.29 is 4.74 Å².